The molecule has 0 heterocycles. The van der Waals surface area contributed by atoms with Crippen LogP contribution in [0.15, 0.2) is 0 Å². The van der Waals surface area contributed by atoms with Crippen molar-refractivity contribution >= 4 is 59.7 Å². The molecule has 222 valence electrons. The molecule has 2 atom stereocenters. The van der Waals surface area contributed by atoms with E-state index in [2.05, 4.69) is 55.4 Å². The Kier molecular flexibility index (Phi) is 185. The number of hydrogen-bond donors (Lipinski definition) is 2. The second kappa shape index (κ2) is 78.2. The number of hydrogen-bond acceptors (Lipinski definition) is 8. The van der Waals surface area contributed by atoms with E-state index in [-0.39, 0.29) is 265 Å². The first-order valence-corrected chi connectivity index (χ1v) is 8.32. The van der Waals surface area contributed by atoms with Crippen LogP contribution in [0.5, 0.6) is 0 Å². The molecule has 0 aromatic carbocycles. The molecule has 2 N–H and O–H groups in total. The Labute approximate surface area is 383 Å². The molecule has 0 amide bonds. The Morgan fingerprint density at radius 1 is 0.632 bits per heavy atom. The molecular formula is C21H33IO8W6Y2-8. The third-order valence-electron chi connectivity index (χ3n) is 1.48. The van der Waals surface area contributed by atoms with E-state index in [9.17, 15) is 19.2 Å². The van der Waals surface area contributed by atoms with Crippen LogP contribution in [0.2, 0.25) is 0 Å². The van der Waals surface area contributed by atoms with Gasteiger partial charge in [-0.3, -0.25) is 19.0 Å². The molecule has 8 nitrogen and oxygen atoms in total. The van der Waals surface area contributed by atoms with Gasteiger partial charge in [0.25, 0.3) is 0 Å². The maximum atomic E-state index is 9.88. The van der Waals surface area contributed by atoms with Crippen LogP contribution in [-0.4, -0.2) is 58.1 Å². The minimum atomic E-state index is -0.688. The quantitative estimate of drug-likeness (QED) is 0.213. The van der Waals surface area contributed by atoms with E-state index in [0.717, 1.165) is 0 Å². The van der Waals surface area contributed by atoms with Gasteiger partial charge in [-0.15, -0.1) is 24.0 Å². The summed E-state index contributed by atoms with van der Waals surface area (Å²) in [7, 11) is 0. The number of ketones is 4. The molecule has 2 unspecified atom stereocenters. The third kappa shape index (κ3) is 185. The molecule has 0 saturated carbocycles. The number of halogens is 1. The van der Waals surface area contributed by atoms with Crippen LogP contribution in [0.1, 0.15) is 46.0 Å². The molecule has 0 bridgehead atoms. The number of aliphatic hydroxyl groups excluding tert-OH is 2. The van der Waals surface area contributed by atoms with E-state index in [1.165, 1.54) is 19.0 Å². The number of aliphatic hydroxyl groups is 2. The molecule has 0 aliphatic rings. The van der Waals surface area contributed by atoms with Gasteiger partial charge in [0.2, 0.25) is 0 Å². The van der Waals surface area contributed by atoms with Gasteiger partial charge >= 0.3 is 0 Å². The molecule has 0 aromatic heterocycles. The Morgan fingerprint density at radius 3 is 0.789 bits per heavy atom. The van der Waals surface area contributed by atoms with Gasteiger partial charge < -0.3 is 80.5 Å². The Morgan fingerprint density at radius 2 is 0.789 bits per heavy atom. The van der Waals surface area contributed by atoms with Gasteiger partial charge in [-0.25, -0.2) is 0 Å². The van der Waals surface area contributed by atoms with Crippen molar-refractivity contribution in [2.75, 3.05) is 0 Å². The van der Waals surface area contributed by atoms with Crippen molar-refractivity contribution in [1.29, 1.82) is 0 Å². The summed E-state index contributed by atoms with van der Waals surface area (Å²) >= 11 is 0. The Hall–Kier alpha value is 4.49. The largest absolute Gasteiger partial charge is 0.544 e. The van der Waals surface area contributed by atoms with Crippen LogP contribution < -0.4 is 0 Å². The van der Waals surface area contributed by atoms with Gasteiger partial charge in [0.15, 0.2) is 0 Å². The SMILES string of the molecule is CCC.I.O=[C-]C[C-]=O.[CH2-]C(=O)CC([CH2-])=O.[CH2-]C(=O)CC([CH2-])=O.[CH2-]C(O)CC([CH2-])O.[W].[W].[W].[W].[W].[W].[Y].[Y]. The van der Waals surface area contributed by atoms with E-state index in [1.807, 2.05) is 0 Å². The van der Waals surface area contributed by atoms with E-state index < -0.39 is 12.2 Å². The van der Waals surface area contributed by atoms with Crippen molar-refractivity contribution in [3.05, 3.63) is 41.5 Å². The van der Waals surface area contributed by atoms with Crippen molar-refractivity contribution in [1.82, 2.24) is 0 Å². The van der Waals surface area contributed by atoms with Gasteiger partial charge in [0.1, 0.15) is 0 Å². The maximum Gasteiger partial charge on any atom is 0.00695 e. The first-order valence-electron chi connectivity index (χ1n) is 8.32. The second-order valence-corrected chi connectivity index (χ2v) is 5.22. The number of Topliss-reactive ketones (excluding diaryl/α,β-unsaturated/α-hetero) is 4. The minimum absolute atomic E-state index is 0. The Balaban J connectivity index is -0.0000000152. The van der Waals surface area contributed by atoms with Crippen LogP contribution in [0.4, 0.5) is 0 Å². The van der Waals surface area contributed by atoms with Crippen molar-refractivity contribution in [3.8, 4) is 0 Å². The smallest absolute Gasteiger partial charge is 0.00695 e. The zero-order valence-corrected chi connectivity index (χ0v) is 46.9. The van der Waals surface area contributed by atoms with Crippen LogP contribution in [0.3, 0.4) is 0 Å². The first-order chi connectivity index (χ1) is 13.2. The summed E-state index contributed by atoms with van der Waals surface area (Å²) in [6.07, 6.45) is 2.31. The molecule has 17 heteroatoms. The predicted octanol–water partition coefficient (Wildman–Crippen LogP) is 1.74. The van der Waals surface area contributed by atoms with E-state index in [1.54, 1.807) is 0 Å². The van der Waals surface area contributed by atoms with E-state index >= 15 is 0 Å². The average molecular weight is 1820 g/mol. The predicted molar refractivity (Wildman–Crippen MR) is 125 cm³/mol. The molecule has 0 aromatic rings. The summed E-state index contributed by atoms with van der Waals surface area (Å²) in [5.41, 5.74) is 0. The molecule has 2 radical (unpaired) electrons. The van der Waals surface area contributed by atoms with Gasteiger partial charge in [0, 0.05) is 228 Å². The molecule has 0 spiro atoms. The molecule has 38 heavy (non-hydrogen) atoms. The summed E-state index contributed by atoms with van der Waals surface area (Å²) in [5, 5.41) is 16.8. The topological polar surface area (TPSA) is 143 Å². The molecule has 0 aliphatic carbocycles. The fraction of sp³-hybridized carbons (Fsp3) is 0.429. The van der Waals surface area contributed by atoms with Crippen LogP contribution in [0.25, 0.3) is 0 Å². The summed E-state index contributed by atoms with van der Waals surface area (Å²) in [5.74, 6) is -1.50. The Bertz CT molecular complexity index is 419. The van der Waals surface area contributed by atoms with Gasteiger partial charge in [-0.1, -0.05) is 38.9 Å². The van der Waals surface area contributed by atoms with Crippen LogP contribution in [-0.2, 0) is 221 Å². The zero-order valence-electron chi connectivity index (χ0n) is 21.3. The normalized spacial score (nSPS) is 7.74. The molecule has 0 aliphatic heterocycles. The molecule has 0 fully saturated rings. The first kappa shape index (κ1) is 90.1. The summed E-state index contributed by atoms with van der Waals surface area (Å²) in [4.78, 5) is 57.6. The molecule has 0 rings (SSSR count). The monoisotopic (exact) mass is 1820 g/mol. The third-order valence-corrected chi connectivity index (χ3v) is 1.48. The molecule has 0 saturated heterocycles. The second-order valence-electron chi connectivity index (χ2n) is 5.22. The summed E-state index contributed by atoms with van der Waals surface area (Å²) in [6, 6.07) is 0. The van der Waals surface area contributed by atoms with Crippen molar-refractivity contribution in [2.24, 2.45) is 0 Å². The van der Waals surface area contributed by atoms with Crippen molar-refractivity contribution < 1.29 is 231 Å². The van der Waals surface area contributed by atoms with E-state index in [4.69, 9.17) is 19.8 Å². The average Bonchev–Trinajstić information content (AvgIpc) is 2.46. The van der Waals surface area contributed by atoms with Gasteiger partial charge in [-0.05, 0) is 0 Å². The summed E-state index contributed by atoms with van der Waals surface area (Å²) < 4.78 is 0. The standard InChI is InChI=1S/C5H10O2.2C5H6O2.C3H2O2.C3H8.HI.6W.2Y/c3*1-4(6)3-5(2)7;4-2-1-3-5;1-3-2;;;;;;;;;/h4-7H,1-3H2;2*1-3H2;1H2;3H2,1-2H3;1H;;;;;;;;/q4*-2;;;;;;;;;;. The molecular weight excluding hydrogens is 1790 g/mol. The number of rotatable bonds is 8. The fourth-order valence-corrected chi connectivity index (χ4v) is 0.783. The van der Waals surface area contributed by atoms with Crippen LogP contribution >= 0.6 is 24.0 Å². The van der Waals surface area contributed by atoms with Crippen LogP contribution in [0, 0.1) is 41.5 Å². The minimum Gasteiger partial charge on any atom is -0.544 e. The number of carbonyl (C=O) groups is 4. The number of carbonyl (C=O) groups excluding carboxylic acids is 6. The van der Waals surface area contributed by atoms with E-state index in [0.29, 0.717) is 0 Å². The maximum absolute atomic E-state index is 9.88. The van der Waals surface area contributed by atoms with Crippen molar-refractivity contribution in [3.63, 3.8) is 0 Å². The summed E-state index contributed by atoms with van der Waals surface area (Å²) in [6.45, 7) is 22.6. The fourth-order valence-electron chi connectivity index (χ4n) is 0.783. The zero-order chi connectivity index (χ0) is 24.4. The van der Waals surface area contributed by atoms with Gasteiger partial charge in [0.05, 0.1) is 0 Å². The van der Waals surface area contributed by atoms with Gasteiger partial charge in [-0.2, -0.15) is 0 Å². The van der Waals surface area contributed by atoms with Crippen molar-refractivity contribution in [2.45, 2.75) is 58.2 Å².